The lowest BCUT2D eigenvalue weighted by molar-refractivity contribution is 0.127. The van der Waals surface area contributed by atoms with Gasteiger partial charge >= 0.3 is 0 Å². The van der Waals surface area contributed by atoms with Crippen LogP contribution in [-0.4, -0.2) is 10.9 Å². The van der Waals surface area contributed by atoms with Gasteiger partial charge < -0.3 is 5.73 Å². The highest BCUT2D eigenvalue weighted by Gasteiger charge is 2.28. The highest BCUT2D eigenvalue weighted by atomic mass is 15.2. The smallest absolute Gasteiger partial charge is 0.0808 e. The quantitative estimate of drug-likeness (QED) is 0.685. The summed E-state index contributed by atoms with van der Waals surface area (Å²) in [5.41, 5.74) is 16.4. The number of allylic oxidation sites excluding steroid dienone is 1. The molecule has 1 aliphatic carbocycles. The van der Waals surface area contributed by atoms with Crippen LogP contribution >= 0.6 is 0 Å². The Labute approximate surface area is 156 Å². The number of hydrogen-bond donors (Lipinski definition) is 2. The molecule has 1 aliphatic rings. The summed E-state index contributed by atoms with van der Waals surface area (Å²) in [6.07, 6.45) is 5.85. The first kappa shape index (κ1) is 18.3. The summed E-state index contributed by atoms with van der Waals surface area (Å²) in [5, 5.41) is 3.61. The summed E-state index contributed by atoms with van der Waals surface area (Å²) < 4.78 is 0. The fourth-order valence-corrected chi connectivity index (χ4v) is 3.95. The van der Waals surface area contributed by atoms with Crippen LogP contribution in [0.4, 0.5) is 0 Å². The van der Waals surface area contributed by atoms with E-state index in [9.17, 15) is 0 Å². The summed E-state index contributed by atoms with van der Waals surface area (Å²) in [4.78, 5) is 2.60. The molecular weight excluding hydrogens is 320 g/mol. The van der Waals surface area contributed by atoms with Gasteiger partial charge in [-0.05, 0) is 36.8 Å². The normalized spacial score (nSPS) is 20.9. The molecule has 4 heteroatoms. The molecule has 1 fully saturated rings. The van der Waals surface area contributed by atoms with Crippen LogP contribution in [0.2, 0.25) is 0 Å². The van der Waals surface area contributed by atoms with Crippen LogP contribution in [0.25, 0.3) is 0 Å². The zero-order chi connectivity index (χ0) is 18.2. The van der Waals surface area contributed by atoms with Gasteiger partial charge in [0.15, 0.2) is 0 Å². The molecule has 0 atom stereocenters. The van der Waals surface area contributed by atoms with E-state index in [2.05, 4.69) is 70.7 Å². The average molecular weight is 348 g/mol. The van der Waals surface area contributed by atoms with E-state index in [4.69, 9.17) is 11.3 Å². The van der Waals surface area contributed by atoms with E-state index in [0.717, 1.165) is 44.5 Å². The number of nitrogens with zero attached hydrogens (tertiary/aromatic N) is 2. The van der Waals surface area contributed by atoms with Crippen molar-refractivity contribution in [1.82, 2.24) is 4.90 Å². The summed E-state index contributed by atoms with van der Waals surface area (Å²) in [6, 6.07) is 22.0. The molecule has 0 bridgehead atoms. The van der Waals surface area contributed by atoms with Crippen LogP contribution in [0.5, 0.6) is 0 Å². The van der Waals surface area contributed by atoms with Crippen LogP contribution in [0.1, 0.15) is 36.8 Å². The molecule has 26 heavy (non-hydrogen) atoms. The van der Waals surface area contributed by atoms with Gasteiger partial charge in [-0.15, -0.1) is 0 Å². The maximum Gasteiger partial charge on any atom is 0.0808 e. The summed E-state index contributed by atoms with van der Waals surface area (Å²) in [6.45, 7) is 1.93. The van der Waals surface area contributed by atoms with Gasteiger partial charge in [-0.2, -0.15) is 5.11 Å². The molecule has 3 N–H and O–H groups in total. The Bertz CT molecular complexity index is 662. The zero-order valence-corrected chi connectivity index (χ0v) is 15.2. The molecule has 0 saturated heterocycles. The van der Waals surface area contributed by atoms with Gasteiger partial charge in [0.1, 0.15) is 0 Å². The molecule has 0 spiro atoms. The van der Waals surface area contributed by atoms with Crippen molar-refractivity contribution in [1.29, 1.82) is 5.53 Å². The van der Waals surface area contributed by atoms with Gasteiger partial charge in [0.25, 0.3) is 0 Å². The highest BCUT2D eigenvalue weighted by Crippen LogP contribution is 2.33. The number of benzene rings is 2. The Balaban J connectivity index is 1.70. The minimum atomic E-state index is 0.337. The lowest BCUT2D eigenvalue weighted by atomic mass is 9.83. The maximum absolute atomic E-state index is 7.29. The molecule has 4 nitrogen and oxygen atoms in total. The number of nitrogens with one attached hydrogen (secondary N) is 1. The van der Waals surface area contributed by atoms with E-state index in [1.54, 1.807) is 0 Å². The van der Waals surface area contributed by atoms with Gasteiger partial charge in [0, 0.05) is 31.2 Å². The van der Waals surface area contributed by atoms with E-state index >= 15 is 0 Å². The molecule has 2 aromatic carbocycles. The molecule has 3 rings (SSSR count). The van der Waals surface area contributed by atoms with E-state index in [0.29, 0.717) is 12.0 Å². The Morgan fingerprint density at radius 3 is 1.85 bits per heavy atom. The standard InChI is InChI=1S/C22H28N4/c23-15-22(25-24)20-11-13-21(14-12-20)26(16-18-7-3-1-4-8-18)17-19-9-5-2-6-10-19/h1-10,15,20-21,24H,11-14,16-17,23H2/b22-15-,25-24?. The maximum atomic E-state index is 7.29. The second kappa shape index (κ2) is 9.30. The first-order valence-corrected chi connectivity index (χ1v) is 9.41. The van der Waals surface area contributed by atoms with E-state index < -0.39 is 0 Å². The lowest BCUT2D eigenvalue weighted by Gasteiger charge is -2.37. The molecule has 0 aliphatic heterocycles. The Morgan fingerprint density at radius 2 is 1.42 bits per heavy atom. The van der Waals surface area contributed by atoms with Gasteiger partial charge in [-0.3, -0.25) is 4.90 Å². The average Bonchev–Trinajstić information content (AvgIpc) is 2.71. The second-order valence-corrected chi connectivity index (χ2v) is 7.08. The van der Waals surface area contributed by atoms with Crippen molar-refractivity contribution in [3.8, 4) is 0 Å². The summed E-state index contributed by atoms with van der Waals surface area (Å²) >= 11 is 0. The number of rotatable bonds is 7. The second-order valence-electron chi connectivity index (χ2n) is 7.08. The van der Waals surface area contributed by atoms with Crippen molar-refractivity contribution < 1.29 is 0 Å². The van der Waals surface area contributed by atoms with E-state index in [-0.39, 0.29) is 0 Å². The van der Waals surface area contributed by atoms with Crippen molar-refractivity contribution in [2.45, 2.75) is 44.8 Å². The molecule has 2 aromatic rings. The largest absolute Gasteiger partial charge is 0.403 e. The van der Waals surface area contributed by atoms with Crippen LogP contribution in [-0.2, 0) is 13.1 Å². The van der Waals surface area contributed by atoms with Crippen molar-refractivity contribution in [3.63, 3.8) is 0 Å². The van der Waals surface area contributed by atoms with Crippen molar-refractivity contribution in [2.24, 2.45) is 16.8 Å². The third-order valence-corrected chi connectivity index (χ3v) is 5.39. The molecule has 0 amide bonds. The van der Waals surface area contributed by atoms with Crippen LogP contribution in [0.15, 0.2) is 77.7 Å². The first-order valence-electron chi connectivity index (χ1n) is 9.41. The fraction of sp³-hybridized carbons (Fsp3) is 0.364. The van der Waals surface area contributed by atoms with Crippen LogP contribution in [0, 0.1) is 11.4 Å². The molecule has 0 radical (unpaired) electrons. The Hall–Kier alpha value is -2.46. The minimum absolute atomic E-state index is 0.337. The summed E-state index contributed by atoms with van der Waals surface area (Å²) in [5.74, 6) is 0.337. The predicted molar refractivity (Wildman–Crippen MR) is 105 cm³/mol. The third-order valence-electron chi connectivity index (χ3n) is 5.39. The number of hydrogen-bond acceptors (Lipinski definition) is 4. The minimum Gasteiger partial charge on any atom is -0.403 e. The Morgan fingerprint density at radius 1 is 0.923 bits per heavy atom. The van der Waals surface area contributed by atoms with Crippen molar-refractivity contribution in [3.05, 3.63) is 83.7 Å². The zero-order valence-electron chi connectivity index (χ0n) is 15.2. The predicted octanol–water partition coefficient (Wildman–Crippen LogP) is 5.08. The molecule has 0 heterocycles. The molecular formula is C22H28N4. The van der Waals surface area contributed by atoms with Crippen molar-refractivity contribution >= 4 is 0 Å². The van der Waals surface area contributed by atoms with Gasteiger partial charge in [0.2, 0.25) is 0 Å². The molecule has 136 valence electrons. The van der Waals surface area contributed by atoms with Crippen molar-refractivity contribution in [2.75, 3.05) is 0 Å². The molecule has 0 unspecified atom stereocenters. The van der Waals surface area contributed by atoms with E-state index in [1.807, 2.05) is 0 Å². The van der Waals surface area contributed by atoms with Gasteiger partial charge in [0.05, 0.1) is 5.70 Å². The first-order chi connectivity index (χ1) is 12.8. The van der Waals surface area contributed by atoms with Gasteiger partial charge in [-0.25, -0.2) is 5.53 Å². The number of nitrogens with two attached hydrogens (primary N) is 1. The monoisotopic (exact) mass is 348 g/mol. The highest BCUT2D eigenvalue weighted by molar-refractivity contribution is 5.17. The van der Waals surface area contributed by atoms with Crippen LogP contribution in [0.3, 0.4) is 0 Å². The SMILES string of the molecule is N=N/C(=C\N)C1CCC(N(Cc2ccccc2)Cc2ccccc2)CC1. The lowest BCUT2D eigenvalue weighted by Crippen LogP contribution is -2.37. The fourth-order valence-electron chi connectivity index (χ4n) is 3.95. The van der Waals surface area contributed by atoms with Gasteiger partial charge in [-0.1, -0.05) is 60.7 Å². The summed E-state index contributed by atoms with van der Waals surface area (Å²) in [7, 11) is 0. The third kappa shape index (κ3) is 4.79. The Kier molecular flexibility index (Phi) is 6.56. The van der Waals surface area contributed by atoms with E-state index in [1.165, 1.54) is 17.3 Å². The molecule has 1 saturated carbocycles. The molecule has 0 aromatic heterocycles. The topological polar surface area (TPSA) is 65.5 Å². The van der Waals surface area contributed by atoms with Crippen LogP contribution < -0.4 is 5.73 Å².